The van der Waals surface area contributed by atoms with Crippen LogP contribution >= 0.6 is 0 Å². The molecule has 1 heterocycles. The normalized spacial score (nSPS) is 23.5. The molecule has 1 saturated heterocycles. The maximum Gasteiger partial charge on any atom is 1.00 e. The fraction of sp³-hybridized carbons (Fsp3) is 0.714. The van der Waals surface area contributed by atoms with E-state index in [0.29, 0.717) is 13.0 Å². The van der Waals surface area contributed by atoms with Crippen LogP contribution < -0.4 is 51.4 Å². The molecule has 0 bridgehead atoms. The Hall–Kier alpha value is 1.19. The van der Waals surface area contributed by atoms with Crippen molar-refractivity contribution >= 4 is 6.98 Å². The van der Waals surface area contributed by atoms with Gasteiger partial charge in [-0.15, -0.1) is 12.1 Å². The van der Waals surface area contributed by atoms with Gasteiger partial charge in [0.2, 0.25) is 0 Å². The average molecular weight is 218 g/mol. The van der Waals surface area contributed by atoms with E-state index in [9.17, 15) is 12.9 Å². The maximum atomic E-state index is 12.1. The van der Waals surface area contributed by atoms with Crippen LogP contribution in [0.3, 0.4) is 0 Å². The van der Waals surface area contributed by atoms with E-state index >= 15 is 0 Å². The third kappa shape index (κ3) is 4.49. The quantitative estimate of drug-likeness (QED) is 0.568. The first-order valence-electron chi connectivity index (χ1n) is 4.02. The van der Waals surface area contributed by atoms with Crippen LogP contribution in [0.4, 0.5) is 12.9 Å². The third-order valence-corrected chi connectivity index (χ3v) is 2.01. The van der Waals surface area contributed by atoms with E-state index in [2.05, 4.69) is 6.58 Å². The monoisotopic (exact) mass is 218 g/mol. The third-order valence-electron chi connectivity index (χ3n) is 2.01. The summed E-state index contributed by atoms with van der Waals surface area (Å²) >= 11 is 0. The van der Waals surface area contributed by atoms with E-state index in [1.807, 2.05) is 0 Å². The van der Waals surface area contributed by atoms with E-state index in [1.165, 1.54) is 0 Å². The van der Waals surface area contributed by atoms with Crippen molar-refractivity contribution in [3.8, 4) is 0 Å². The van der Waals surface area contributed by atoms with Gasteiger partial charge in [-0.25, -0.2) is 0 Å². The van der Waals surface area contributed by atoms with Crippen LogP contribution in [0.25, 0.3) is 0 Å². The summed E-state index contributed by atoms with van der Waals surface area (Å²) in [6.45, 7) is -1.46. The molecule has 0 amide bonds. The van der Waals surface area contributed by atoms with Crippen LogP contribution in [0.1, 0.15) is 19.3 Å². The molecule has 0 aliphatic carbocycles. The number of hydrogen-bond acceptors (Lipinski definition) is 1. The predicted octanol–water partition coefficient (Wildman–Crippen LogP) is -0.498. The van der Waals surface area contributed by atoms with Crippen molar-refractivity contribution in [1.82, 2.24) is 0 Å². The molecule has 0 spiro atoms. The molecule has 1 fully saturated rings. The summed E-state index contributed by atoms with van der Waals surface area (Å²) in [5.41, 5.74) is -0.685. The molecule has 1 nitrogen and oxygen atoms in total. The maximum absolute atomic E-state index is 12.1. The second kappa shape index (κ2) is 5.92. The number of ether oxygens (including phenoxy) is 1. The van der Waals surface area contributed by atoms with Gasteiger partial charge in [0.05, 0.1) is 6.10 Å². The van der Waals surface area contributed by atoms with Crippen molar-refractivity contribution < 1.29 is 69.1 Å². The molecule has 1 unspecified atom stereocenters. The topological polar surface area (TPSA) is 9.23 Å². The first kappa shape index (κ1) is 14.2. The molecule has 1 aliphatic heterocycles. The summed E-state index contributed by atoms with van der Waals surface area (Å²) in [6, 6.07) is 0. The van der Waals surface area contributed by atoms with Crippen LogP contribution in [0, 0.1) is 0 Å². The summed E-state index contributed by atoms with van der Waals surface area (Å²) in [5.74, 6) is 0. The zero-order valence-electron chi connectivity index (χ0n) is 7.73. The summed E-state index contributed by atoms with van der Waals surface area (Å²) < 4.78 is 41.3. The van der Waals surface area contributed by atoms with Crippen LogP contribution in [0.2, 0.25) is 0 Å². The number of hydrogen-bond donors (Lipinski definition) is 0. The van der Waals surface area contributed by atoms with Gasteiger partial charge >= 0.3 is 58.4 Å². The van der Waals surface area contributed by atoms with Gasteiger partial charge in [-0.1, -0.05) is 0 Å². The molecule has 0 saturated carbocycles. The minimum Gasteiger partial charge on any atom is -0.445 e. The van der Waals surface area contributed by atoms with Gasteiger partial charge in [0.15, 0.2) is 0 Å². The van der Waals surface area contributed by atoms with Gasteiger partial charge < -0.3 is 17.7 Å². The predicted molar refractivity (Wildman–Crippen MR) is 41.8 cm³/mol. The van der Waals surface area contributed by atoms with E-state index < -0.39 is 18.6 Å². The molecule has 0 aromatic carbocycles. The van der Waals surface area contributed by atoms with Crippen molar-refractivity contribution in [3.05, 3.63) is 12.1 Å². The van der Waals surface area contributed by atoms with Crippen molar-refractivity contribution in [3.63, 3.8) is 0 Å². The Kier molecular flexibility index (Phi) is 6.47. The summed E-state index contributed by atoms with van der Waals surface area (Å²) in [5, 5.41) is 0. The molecule has 0 N–H and O–H groups in total. The Morgan fingerprint density at radius 2 is 1.92 bits per heavy atom. The molecular formula is C7H11BF3KO. The molecule has 1 atom stereocenters. The fourth-order valence-electron chi connectivity index (χ4n) is 1.24. The zero-order chi connectivity index (χ0) is 9.19. The Bertz CT molecular complexity index is 177. The van der Waals surface area contributed by atoms with E-state index in [1.54, 1.807) is 0 Å². The summed E-state index contributed by atoms with van der Waals surface area (Å²) in [6.07, 6.45) is 1.34. The average Bonchev–Trinajstić information content (AvgIpc) is 2.03. The molecule has 13 heavy (non-hydrogen) atoms. The van der Waals surface area contributed by atoms with E-state index in [-0.39, 0.29) is 51.4 Å². The standard InChI is InChI=1S/C7H11BF3O.K/c1-6(8(9,10)11)7-4-2-3-5-12-7;/h7H,1-5H2;/q-1;+1. The van der Waals surface area contributed by atoms with Gasteiger partial charge in [0, 0.05) is 6.61 Å². The van der Waals surface area contributed by atoms with Crippen molar-refractivity contribution in [2.24, 2.45) is 0 Å². The second-order valence-corrected chi connectivity index (χ2v) is 3.00. The molecule has 0 aromatic rings. The minimum absolute atomic E-state index is 0. The first-order chi connectivity index (χ1) is 5.52. The first-order valence-corrected chi connectivity index (χ1v) is 4.02. The van der Waals surface area contributed by atoms with Crippen molar-refractivity contribution in [2.75, 3.05) is 6.61 Å². The fourth-order valence-corrected chi connectivity index (χ4v) is 1.24. The van der Waals surface area contributed by atoms with Gasteiger partial charge in [-0.2, -0.15) is 0 Å². The van der Waals surface area contributed by atoms with Crippen LogP contribution in [0.5, 0.6) is 0 Å². The Labute approximate surface area is 119 Å². The smallest absolute Gasteiger partial charge is 0.445 e. The minimum atomic E-state index is -4.92. The van der Waals surface area contributed by atoms with Gasteiger partial charge in [0.25, 0.3) is 0 Å². The van der Waals surface area contributed by atoms with Gasteiger partial charge in [0.1, 0.15) is 0 Å². The Morgan fingerprint density at radius 3 is 2.31 bits per heavy atom. The Balaban J connectivity index is 0.00000144. The SMILES string of the molecule is C=C(C1CCCCO1)[B-](F)(F)F.[K+]. The van der Waals surface area contributed by atoms with Crippen molar-refractivity contribution in [2.45, 2.75) is 25.4 Å². The van der Waals surface area contributed by atoms with Crippen LogP contribution in [0.15, 0.2) is 12.1 Å². The molecule has 1 aliphatic rings. The second-order valence-electron chi connectivity index (χ2n) is 3.00. The van der Waals surface area contributed by atoms with Gasteiger partial charge in [-0.3, -0.25) is 0 Å². The van der Waals surface area contributed by atoms with Crippen LogP contribution in [-0.2, 0) is 4.74 Å². The molecule has 1 rings (SSSR count). The molecule has 6 heteroatoms. The van der Waals surface area contributed by atoms with Crippen LogP contribution in [-0.4, -0.2) is 19.7 Å². The summed E-state index contributed by atoms with van der Waals surface area (Å²) in [4.78, 5) is 0. The molecule has 0 radical (unpaired) electrons. The molecule has 0 aromatic heterocycles. The molecule has 70 valence electrons. The van der Waals surface area contributed by atoms with E-state index in [4.69, 9.17) is 4.74 Å². The summed E-state index contributed by atoms with van der Waals surface area (Å²) in [7, 11) is 0. The zero-order valence-corrected chi connectivity index (χ0v) is 10.9. The van der Waals surface area contributed by atoms with Crippen molar-refractivity contribution in [1.29, 1.82) is 0 Å². The van der Waals surface area contributed by atoms with Gasteiger partial charge in [-0.05, 0) is 19.3 Å². The Morgan fingerprint density at radius 1 is 1.31 bits per heavy atom. The largest absolute Gasteiger partial charge is 1.00 e. The van der Waals surface area contributed by atoms with E-state index in [0.717, 1.165) is 12.8 Å². The number of halogens is 3. The molecular weight excluding hydrogens is 207 g/mol. The number of rotatable bonds is 2.